The summed E-state index contributed by atoms with van der Waals surface area (Å²) in [6.45, 7) is 0. The Kier molecular flexibility index (Phi) is 3.56. The van der Waals surface area contributed by atoms with Gasteiger partial charge in [-0.15, -0.1) is 0 Å². The van der Waals surface area contributed by atoms with Crippen LogP contribution in [0.25, 0.3) is 11.1 Å². The Labute approximate surface area is 120 Å². The van der Waals surface area contributed by atoms with Crippen LogP contribution in [0, 0.1) is 0 Å². The van der Waals surface area contributed by atoms with Crippen LogP contribution in [-0.4, -0.2) is 33.6 Å². The highest BCUT2D eigenvalue weighted by Crippen LogP contribution is 2.30. The Bertz CT molecular complexity index is 640. The van der Waals surface area contributed by atoms with Gasteiger partial charge in [0.15, 0.2) is 5.58 Å². The minimum absolute atomic E-state index is 0.212. The number of carboxylic acid groups (broad SMARTS) is 1. The van der Waals surface area contributed by atoms with Crippen molar-refractivity contribution in [3.8, 4) is 0 Å². The third kappa shape index (κ3) is 2.60. The van der Waals surface area contributed by atoms with Gasteiger partial charge in [0, 0.05) is 11.3 Å². The van der Waals surface area contributed by atoms with E-state index < -0.39 is 5.97 Å². The van der Waals surface area contributed by atoms with Gasteiger partial charge >= 0.3 is 5.97 Å². The highest BCUT2D eigenvalue weighted by molar-refractivity contribution is 7.99. The van der Waals surface area contributed by atoms with Gasteiger partial charge in [0.1, 0.15) is 5.52 Å². The van der Waals surface area contributed by atoms with Crippen molar-refractivity contribution in [1.82, 2.24) is 4.98 Å². The average Bonchev–Trinajstić information content (AvgIpc) is 3.03. The molecule has 1 saturated carbocycles. The lowest BCUT2D eigenvalue weighted by atomic mass is 10.2. The van der Waals surface area contributed by atoms with Crippen LogP contribution in [0.1, 0.15) is 29.6 Å². The second-order valence-electron chi connectivity index (χ2n) is 5.02. The molecule has 0 amide bonds. The summed E-state index contributed by atoms with van der Waals surface area (Å²) in [5.41, 5.74) is 1.40. The number of nitrogens with zero attached hydrogens (tertiary/aromatic N) is 1. The number of fused-ring (bicyclic) bond motifs is 1. The van der Waals surface area contributed by atoms with E-state index in [-0.39, 0.29) is 5.56 Å². The number of aromatic nitrogens is 1. The lowest BCUT2D eigenvalue weighted by molar-refractivity contribution is 0.0697. The number of rotatable bonds is 4. The molecule has 1 fully saturated rings. The summed E-state index contributed by atoms with van der Waals surface area (Å²) in [5.74, 6) is -0.962. The molecule has 1 heterocycles. The topological polar surface area (TPSA) is 75.4 Å². The molecule has 0 aliphatic heterocycles. The van der Waals surface area contributed by atoms with Crippen LogP contribution in [-0.2, 0) is 0 Å². The number of hydrogen-bond acceptors (Lipinski definition) is 5. The number of nitrogens with one attached hydrogen (secondary N) is 1. The van der Waals surface area contributed by atoms with E-state index in [1.54, 1.807) is 6.07 Å². The molecule has 0 spiro atoms. The van der Waals surface area contributed by atoms with Crippen molar-refractivity contribution in [2.24, 2.45) is 0 Å². The predicted octanol–water partition coefficient (Wildman–Crippen LogP) is 3.22. The van der Waals surface area contributed by atoms with Crippen LogP contribution >= 0.6 is 11.8 Å². The van der Waals surface area contributed by atoms with E-state index >= 15 is 0 Å². The van der Waals surface area contributed by atoms with Gasteiger partial charge in [-0.05, 0) is 43.7 Å². The standard InChI is InChI=1S/C14H16N2O3S/c1-20-10-4-3-9(7-10)15-14-16-11-5-2-8(13(17)18)6-12(11)19-14/h2,5-6,9-10H,3-4,7H2,1H3,(H,15,16)(H,17,18). The summed E-state index contributed by atoms with van der Waals surface area (Å²) in [7, 11) is 0. The van der Waals surface area contributed by atoms with Crippen molar-refractivity contribution < 1.29 is 14.3 Å². The summed E-state index contributed by atoms with van der Waals surface area (Å²) in [6.07, 6.45) is 5.58. The fourth-order valence-corrected chi connectivity index (χ4v) is 3.38. The zero-order valence-corrected chi connectivity index (χ0v) is 11.9. The molecule has 1 aromatic carbocycles. The Morgan fingerprint density at radius 1 is 1.50 bits per heavy atom. The Morgan fingerprint density at radius 3 is 3.05 bits per heavy atom. The number of carbonyl (C=O) groups is 1. The van der Waals surface area contributed by atoms with E-state index in [2.05, 4.69) is 16.6 Å². The molecule has 1 aliphatic carbocycles. The van der Waals surface area contributed by atoms with Gasteiger partial charge in [0.05, 0.1) is 5.56 Å². The fraction of sp³-hybridized carbons (Fsp3) is 0.429. The molecule has 0 bridgehead atoms. The maximum Gasteiger partial charge on any atom is 0.335 e. The van der Waals surface area contributed by atoms with Crippen LogP contribution < -0.4 is 5.32 Å². The average molecular weight is 292 g/mol. The zero-order chi connectivity index (χ0) is 14.1. The molecular formula is C14H16N2O3S. The number of oxazole rings is 1. The second-order valence-corrected chi connectivity index (χ2v) is 6.16. The van der Waals surface area contributed by atoms with Crippen molar-refractivity contribution in [2.75, 3.05) is 11.6 Å². The SMILES string of the molecule is CSC1CCC(Nc2nc3ccc(C(=O)O)cc3o2)C1. The Morgan fingerprint density at radius 2 is 2.35 bits per heavy atom. The van der Waals surface area contributed by atoms with Gasteiger partial charge in [-0.2, -0.15) is 16.7 Å². The summed E-state index contributed by atoms with van der Waals surface area (Å²) in [4.78, 5) is 15.3. The van der Waals surface area contributed by atoms with Gasteiger partial charge in [0.25, 0.3) is 6.01 Å². The second kappa shape index (κ2) is 5.36. The van der Waals surface area contributed by atoms with E-state index in [9.17, 15) is 4.79 Å². The summed E-state index contributed by atoms with van der Waals surface area (Å²) in [5, 5.41) is 13.0. The summed E-state index contributed by atoms with van der Waals surface area (Å²) in [6, 6.07) is 5.59. The third-order valence-corrected chi connectivity index (χ3v) is 4.78. The Balaban J connectivity index is 1.77. The van der Waals surface area contributed by atoms with E-state index in [0.717, 1.165) is 12.8 Å². The molecule has 2 N–H and O–H groups in total. The van der Waals surface area contributed by atoms with Crippen molar-refractivity contribution in [1.29, 1.82) is 0 Å². The number of hydrogen-bond donors (Lipinski definition) is 2. The molecule has 0 radical (unpaired) electrons. The first-order valence-corrected chi connectivity index (χ1v) is 7.87. The molecule has 2 aromatic rings. The van der Waals surface area contributed by atoms with Crippen LogP contribution in [0.5, 0.6) is 0 Å². The number of anilines is 1. The number of aromatic carboxylic acids is 1. The molecule has 1 aliphatic rings. The molecule has 2 atom stereocenters. The molecule has 3 rings (SSSR count). The normalized spacial score (nSPS) is 22.2. The van der Waals surface area contributed by atoms with Crippen molar-refractivity contribution in [3.63, 3.8) is 0 Å². The first kappa shape index (κ1) is 13.3. The van der Waals surface area contributed by atoms with Crippen LogP contribution in [0.3, 0.4) is 0 Å². The molecule has 20 heavy (non-hydrogen) atoms. The number of carboxylic acids is 1. The highest BCUT2D eigenvalue weighted by atomic mass is 32.2. The first-order chi connectivity index (χ1) is 9.65. The zero-order valence-electron chi connectivity index (χ0n) is 11.1. The maximum absolute atomic E-state index is 10.9. The maximum atomic E-state index is 10.9. The molecule has 5 nitrogen and oxygen atoms in total. The smallest absolute Gasteiger partial charge is 0.335 e. The lowest BCUT2D eigenvalue weighted by Gasteiger charge is -2.09. The molecule has 1 aromatic heterocycles. The largest absolute Gasteiger partial charge is 0.478 e. The van der Waals surface area contributed by atoms with Gasteiger partial charge in [-0.3, -0.25) is 0 Å². The monoisotopic (exact) mass is 292 g/mol. The van der Waals surface area contributed by atoms with Crippen molar-refractivity contribution >= 4 is 34.8 Å². The van der Waals surface area contributed by atoms with Gasteiger partial charge in [-0.1, -0.05) is 0 Å². The van der Waals surface area contributed by atoms with Gasteiger partial charge < -0.3 is 14.8 Å². The van der Waals surface area contributed by atoms with E-state index in [1.807, 2.05) is 11.8 Å². The minimum Gasteiger partial charge on any atom is -0.478 e. The molecular weight excluding hydrogens is 276 g/mol. The minimum atomic E-state index is -0.962. The van der Waals surface area contributed by atoms with Crippen LogP contribution in [0.2, 0.25) is 0 Å². The molecule has 6 heteroatoms. The third-order valence-electron chi connectivity index (χ3n) is 3.68. The first-order valence-electron chi connectivity index (χ1n) is 6.59. The lowest BCUT2D eigenvalue weighted by Crippen LogP contribution is -2.15. The summed E-state index contributed by atoms with van der Waals surface area (Å²) >= 11 is 1.90. The van der Waals surface area contributed by atoms with Crippen LogP contribution in [0.4, 0.5) is 6.01 Å². The predicted molar refractivity (Wildman–Crippen MR) is 79.5 cm³/mol. The highest BCUT2D eigenvalue weighted by Gasteiger charge is 2.25. The Hall–Kier alpha value is -1.69. The van der Waals surface area contributed by atoms with Crippen molar-refractivity contribution in [3.05, 3.63) is 23.8 Å². The van der Waals surface area contributed by atoms with E-state index in [0.29, 0.717) is 28.4 Å². The summed E-state index contributed by atoms with van der Waals surface area (Å²) < 4.78 is 5.60. The number of thioether (sulfide) groups is 1. The molecule has 2 unspecified atom stereocenters. The number of benzene rings is 1. The quantitative estimate of drug-likeness (QED) is 0.901. The fourth-order valence-electron chi connectivity index (χ4n) is 2.58. The van der Waals surface area contributed by atoms with Gasteiger partial charge in [-0.25, -0.2) is 4.79 Å². The van der Waals surface area contributed by atoms with Gasteiger partial charge in [0.2, 0.25) is 0 Å². The van der Waals surface area contributed by atoms with E-state index in [4.69, 9.17) is 9.52 Å². The molecule has 106 valence electrons. The van der Waals surface area contributed by atoms with Crippen LogP contribution in [0.15, 0.2) is 22.6 Å². The molecule has 0 saturated heterocycles. The van der Waals surface area contributed by atoms with Crippen molar-refractivity contribution in [2.45, 2.75) is 30.6 Å². The van der Waals surface area contributed by atoms with E-state index in [1.165, 1.54) is 18.6 Å².